The van der Waals surface area contributed by atoms with E-state index in [-0.39, 0.29) is 0 Å². The van der Waals surface area contributed by atoms with E-state index in [1.807, 2.05) is 0 Å². The van der Waals surface area contributed by atoms with E-state index < -0.39 is 15.2 Å². The van der Waals surface area contributed by atoms with Crippen LogP contribution in [0.5, 0.6) is 0 Å². The molecule has 3 fully saturated rings. The van der Waals surface area contributed by atoms with Crippen LogP contribution in [0.15, 0.2) is 54.6 Å². The second-order valence-electron chi connectivity index (χ2n) is 16.1. The highest BCUT2D eigenvalue weighted by Crippen LogP contribution is 2.63. The Labute approximate surface area is 237 Å². The molecule has 3 saturated carbocycles. The van der Waals surface area contributed by atoms with Crippen molar-refractivity contribution >= 4 is 15.2 Å². The summed E-state index contributed by atoms with van der Waals surface area (Å²) in [7, 11) is -2.72. The summed E-state index contributed by atoms with van der Waals surface area (Å²) in [5, 5.41) is 0. The van der Waals surface area contributed by atoms with E-state index in [4.69, 9.17) is 0 Å². The van der Waals surface area contributed by atoms with Gasteiger partial charge in [-0.1, -0.05) is 141 Å². The summed E-state index contributed by atoms with van der Waals surface area (Å²) in [6, 6.07) is 20.7. The average Bonchev–Trinajstić information content (AvgIpc) is 3.47. The number of fused-ring (bicyclic) bond motifs is 1. The molecule has 2 heteroatoms. The van der Waals surface area contributed by atoms with E-state index in [2.05, 4.69) is 108 Å². The van der Waals surface area contributed by atoms with Gasteiger partial charge >= 0.3 is 0 Å². The average molecular weight is 545 g/mol. The van der Waals surface area contributed by atoms with Crippen LogP contribution in [0.4, 0.5) is 0 Å². The van der Waals surface area contributed by atoms with Crippen LogP contribution in [0.1, 0.15) is 90.5 Å². The normalized spacial score (nSPS) is 32.4. The Hall–Kier alpha value is -1.13. The SMILES string of the molecule is CC1CC2C(c3ccccc3-c3ccccc3)CCCC2C1[Si](C)(C)[Si](C)(C)C1CCC(CC(C)(C)C)C1. The molecule has 2 aromatic carbocycles. The molecule has 0 saturated heterocycles. The van der Waals surface area contributed by atoms with Crippen LogP contribution in [0.3, 0.4) is 0 Å². The molecule has 0 nitrogen and oxygen atoms in total. The summed E-state index contributed by atoms with van der Waals surface area (Å²) in [6.07, 6.45) is 11.8. The van der Waals surface area contributed by atoms with E-state index in [9.17, 15) is 0 Å². The van der Waals surface area contributed by atoms with Gasteiger partial charge in [0.25, 0.3) is 0 Å². The number of rotatable bonds is 6. The van der Waals surface area contributed by atoms with Crippen LogP contribution in [0.25, 0.3) is 11.1 Å². The smallest absolute Gasteiger partial charge is 0.0451 e. The molecule has 0 N–H and O–H groups in total. The molecule has 0 bridgehead atoms. The minimum Gasteiger partial charge on any atom is -0.0711 e. The molecule has 3 aliphatic rings. The first-order chi connectivity index (χ1) is 17.9. The van der Waals surface area contributed by atoms with Crippen molar-refractivity contribution in [2.75, 3.05) is 0 Å². The highest BCUT2D eigenvalue weighted by atomic mass is 29.3. The van der Waals surface area contributed by atoms with Crippen LogP contribution in [0, 0.1) is 29.1 Å². The molecule has 3 aliphatic carbocycles. The predicted molar refractivity (Wildman–Crippen MR) is 173 cm³/mol. The molecule has 0 spiro atoms. The van der Waals surface area contributed by atoms with Crippen molar-refractivity contribution in [3.8, 4) is 11.1 Å². The Morgan fingerprint density at radius 2 is 1.42 bits per heavy atom. The maximum Gasteiger partial charge on any atom is 0.0451 e. The molecule has 0 amide bonds. The summed E-state index contributed by atoms with van der Waals surface area (Å²) in [6.45, 7) is 21.6. The van der Waals surface area contributed by atoms with Crippen molar-refractivity contribution in [1.82, 2.24) is 0 Å². The largest absolute Gasteiger partial charge is 0.0711 e. The van der Waals surface area contributed by atoms with E-state index in [1.54, 1.807) is 18.4 Å². The monoisotopic (exact) mass is 544 g/mol. The van der Waals surface area contributed by atoms with Gasteiger partial charge in [-0.15, -0.1) is 0 Å². The fourth-order valence-corrected chi connectivity index (χ4v) is 24.9. The Morgan fingerprint density at radius 1 is 0.737 bits per heavy atom. The molecule has 5 rings (SSSR count). The number of benzene rings is 2. The molecule has 0 aliphatic heterocycles. The third-order valence-electron chi connectivity index (χ3n) is 12.2. The van der Waals surface area contributed by atoms with Crippen molar-refractivity contribution in [2.24, 2.45) is 29.1 Å². The van der Waals surface area contributed by atoms with Crippen molar-refractivity contribution < 1.29 is 0 Å². The Balaban J connectivity index is 1.40. The Morgan fingerprint density at radius 3 is 2.13 bits per heavy atom. The standard InChI is InChI=1S/C36H56Si2/c1-26-23-34-32(31-18-13-12-17-30(31)28-15-10-9-11-16-28)19-14-20-33(34)35(26)38(7,8)37(5,6)29-22-21-27(24-29)25-36(2,3)4/h9-13,15-18,26-27,29,32-35H,14,19-25H2,1-8H3. The van der Waals surface area contributed by atoms with Gasteiger partial charge in [-0.05, 0) is 82.0 Å². The Kier molecular flexibility index (Phi) is 7.99. The van der Waals surface area contributed by atoms with Gasteiger partial charge in [0.2, 0.25) is 0 Å². The lowest BCUT2D eigenvalue weighted by Gasteiger charge is -2.51. The van der Waals surface area contributed by atoms with Gasteiger partial charge in [0, 0.05) is 15.2 Å². The van der Waals surface area contributed by atoms with Crippen LogP contribution in [-0.2, 0) is 0 Å². The van der Waals surface area contributed by atoms with Crippen LogP contribution in [-0.4, -0.2) is 15.2 Å². The first kappa shape index (κ1) is 28.4. The van der Waals surface area contributed by atoms with Gasteiger partial charge in [-0.2, -0.15) is 0 Å². The van der Waals surface area contributed by atoms with Crippen molar-refractivity contribution in [3.63, 3.8) is 0 Å². The fraction of sp³-hybridized carbons (Fsp3) is 0.667. The fourth-order valence-electron chi connectivity index (χ4n) is 10.2. The topological polar surface area (TPSA) is 0 Å². The highest BCUT2D eigenvalue weighted by Gasteiger charge is 2.59. The first-order valence-electron chi connectivity index (χ1n) is 16.0. The van der Waals surface area contributed by atoms with E-state index in [1.165, 1.54) is 49.7 Å². The summed E-state index contributed by atoms with van der Waals surface area (Å²) < 4.78 is 0. The molecular weight excluding hydrogens is 489 g/mol. The van der Waals surface area contributed by atoms with Crippen molar-refractivity contribution in [3.05, 3.63) is 60.2 Å². The minimum absolute atomic E-state index is 0.485. The van der Waals surface area contributed by atoms with E-state index in [0.717, 1.165) is 40.7 Å². The molecule has 38 heavy (non-hydrogen) atoms. The van der Waals surface area contributed by atoms with Gasteiger partial charge in [0.05, 0.1) is 0 Å². The van der Waals surface area contributed by atoms with E-state index >= 15 is 0 Å². The van der Waals surface area contributed by atoms with Crippen LogP contribution < -0.4 is 0 Å². The molecule has 2 aromatic rings. The predicted octanol–water partition coefficient (Wildman–Crippen LogP) is 11.4. The lowest BCUT2D eigenvalue weighted by molar-refractivity contribution is 0.237. The zero-order chi connectivity index (χ0) is 27.3. The van der Waals surface area contributed by atoms with Gasteiger partial charge in [0.1, 0.15) is 0 Å². The molecule has 0 radical (unpaired) electrons. The zero-order valence-electron chi connectivity index (χ0n) is 25.9. The molecule has 0 aromatic heterocycles. The van der Waals surface area contributed by atoms with Gasteiger partial charge in [-0.3, -0.25) is 0 Å². The summed E-state index contributed by atoms with van der Waals surface area (Å²) in [4.78, 5) is 0. The quantitative estimate of drug-likeness (QED) is 0.317. The van der Waals surface area contributed by atoms with Gasteiger partial charge in [0.15, 0.2) is 0 Å². The molecule has 7 atom stereocenters. The second kappa shape index (κ2) is 10.7. The zero-order valence-corrected chi connectivity index (χ0v) is 27.9. The molecule has 7 unspecified atom stereocenters. The summed E-state index contributed by atoms with van der Waals surface area (Å²) in [5.41, 5.74) is 7.14. The summed E-state index contributed by atoms with van der Waals surface area (Å²) >= 11 is 0. The van der Waals surface area contributed by atoms with Crippen molar-refractivity contribution in [1.29, 1.82) is 0 Å². The van der Waals surface area contributed by atoms with Gasteiger partial charge in [-0.25, -0.2) is 0 Å². The second-order valence-corrected chi connectivity index (χ2v) is 32.2. The van der Waals surface area contributed by atoms with Crippen LogP contribution in [0.2, 0.25) is 37.3 Å². The summed E-state index contributed by atoms with van der Waals surface area (Å²) in [5.74, 6) is 4.50. The van der Waals surface area contributed by atoms with Gasteiger partial charge < -0.3 is 0 Å². The number of hydrogen-bond acceptors (Lipinski definition) is 0. The highest BCUT2D eigenvalue weighted by molar-refractivity contribution is 7.41. The first-order valence-corrected chi connectivity index (χ1v) is 23.2. The third kappa shape index (κ3) is 5.30. The minimum atomic E-state index is -1.39. The third-order valence-corrected chi connectivity index (χ3v) is 33.0. The van der Waals surface area contributed by atoms with E-state index in [0.29, 0.717) is 5.41 Å². The lowest BCUT2D eigenvalue weighted by atomic mass is 9.69. The Bertz CT molecular complexity index is 1080. The number of hydrogen-bond donors (Lipinski definition) is 0. The molecule has 0 heterocycles. The maximum absolute atomic E-state index is 2.89. The van der Waals surface area contributed by atoms with Crippen molar-refractivity contribution in [2.45, 2.75) is 122 Å². The van der Waals surface area contributed by atoms with Crippen LogP contribution >= 0.6 is 0 Å². The molecular formula is C36H56Si2. The molecule has 208 valence electrons. The maximum atomic E-state index is 2.89. The lowest BCUT2D eigenvalue weighted by Crippen LogP contribution is -2.62.